The molecule has 3 aromatic rings. The molecule has 6 rings (SSSR count). The lowest BCUT2D eigenvalue weighted by molar-refractivity contribution is -0.0397. The average Bonchev–Trinajstić information content (AvgIpc) is 3.49. The van der Waals surface area contributed by atoms with Crippen molar-refractivity contribution in [3.63, 3.8) is 0 Å². The highest BCUT2D eigenvalue weighted by molar-refractivity contribution is 5.91. The molecule has 1 amide bonds. The van der Waals surface area contributed by atoms with Crippen molar-refractivity contribution in [3.8, 4) is 5.69 Å². The predicted octanol–water partition coefficient (Wildman–Crippen LogP) is 3.49. The summed E-state index contributed by atoms with van der Waals surface area (Å²) in [6.45, 7) is 3.77. The summed E-state index contributed by atoms with van der Waals surface area (Å²) in [5, 5.41) is 7.64. The van der Waals surface area contributed by atoms with E-state index in [2.05, 4.69) is 57.6 Å². The third-order valence-electron chi connectivity index (χ3n) is 6.83. The fourth-order valence-corrected chi connectivity index (χ4v) is 5.32. The summed E-state index contributed by atoms with van der Waals surface area (Å²) in [6, 6.07) is 14.4. The molecule has 5 heterocycles. The molecule has 154 valence electrons. The maximum absolute atomic E-state index is 12.7. The lowest BCUT2D eigenvalue weighted by Crippen LogP contribution is -2.48. The van der Waals surface area contributed by atoms with Crippen molar-refractivity contribution in [3.05, 3.63) is 65.8 Å². The first-order valence-electron chi connectivity index (χ1n) is 10.5. The molecule has 3 aliphatic rings. The highest BCUT2D eigenvalue weighted by Crippen LogP contribution is 2.50. The number of carbonyl (C=O) groups excluding carboxylic acids is 1. The van der Waals surface area contributed by atoms with Gasteiger partial charge in [0, 0.05) is 31.8 Å². The fraction of sp³-hybridized carbons (Fsp3) is 0.391. The molecule has 2 fully saturated rings. The highest BCUT2D eigenvalue weighted by Gasteiger charge is 2.54. The van der Waals surface area contributed by atoms with Gasteiger partial charge < -0.3 is 24.0 Å². The van der Waals surface area contributed by atoms with E-state index in [0.29, 0.717) is 25.5 Å². The third kappa shape index (κ3) is 2.55. The fourth-order valence-electron chi connectivity index (χ4n) is 5.32. The molecule has 2 spiro atoms. The minimum atomic E-state index is -0.244. The summed E-state index contributed by atoms with van der Waals surface area (Å²) < 4.78 is 13.9. The molecule has 1 atom stereocenters. The summed E-state index contributed by atoms with van der Waals surface area (Å²) in [5.41, 5.74) is 3.81. The number of nitrogens with one attached hydrogen (secondary N) is 1. The second kappa shape index (κ2) is 6.22. The number of fused-ring (bicyclic) bond motifs is 4. The molecule has 7 heteroatoms. The van der Waals surface area contributed by atoms with Gasteiger partial charge in [-0.15, -0.1) is 0 Å². The number of aromatic nitrogens is 2. The number of carbonyl (C=O) groups is 1. The number of ether oxygens (including phenoxy) is 1. The van der Waals surface area contributed by atoms with Gasteiger partial charge in [0.1, 0.15) is 5.54 Å². The van der Waals surface area contributed by atoms with Gasteiger partial charge in [-0.05, 0) is 44.0 Å². The quantitative estimate of drug-likeness (QED) is 0.672. The maximum Gasteiger partial charge on any atom is 0.292 e. The number of rotatable bonds is 1. The van der Waals surface area contributed by atoms with Gasteiger partial charge in [0.25, 0.3) is 5.91 Å². The highest BCUT2D eigenvalue weighted by atomic mass is 16.5. The van der Waals surface area contributed by atoms with Gasteiger partial charge in [-0.3, -0.25) is 4.79 Å². The van der Waals surface area contributed by atoms with Crippen LogP contribution in [-0.4, -0.2) is 45.8 Å². The van der Waals surface area contributed by atoms with Crippen LogP contribution in [0, 0.1) is 6.92 Å². The third-order valence-corrected chi connectivity index (χ3v) is 6.83. The van der Waals surface area contributed by atoms with Crippen molar-refractivity contribution in [1.82, 2.24) is 14.6 Å². The second-order valence-corrected chi connectivity index (χ2v) is 8.76. The first kappa shape index (κ1) is 17.8. The minimum absolute atomic E-state index is 0.0863. The summed E-state index contributed by atoms with van der Waals surface area (Å²) in [6.07, 6.45) is 4.65. The van der Waals surface area contributed by atoms with Crippen LogP contribution in [0.1, 0.15) is 41.2 Å². The normalized spacial score (nSPS) is 24.0. The number of piperidine rings is 1. The van der Waals surface area contributed by atoms with Crippen LogP contribution in [0.2, 0.25) is 0 Å². The Morgan fingerprint density at radius 1 is 1.17 bits per heavy atom. The van der Waals surface area contributed by atoms with Gasteiger partial charge in [-0.25, -0.2) is 0 Å². The number of likely N-dealkylation sites (tertiary alicyclic amines) is 1. The van der Waals surface area contributed by atoms with Crippen LogP contribution in [0.5, 0.6) is 0 Å². The van der Waals surface area contributed by atoms with E-state index in [1.807, 2.05) is 11.8 Å². The Morgan fingerprint density at radius 3 is 2.80 bits per heavy atom. The molecule has 0 aliphatic carbocycles. The topological polar surface area (TPSA) is 72.5 Å². The number of amides is 1. The zero-order chi connectivity index (χ0) is 20.3. The lowest BCUT2D eigenvalue weighted by Gasteiger charge is -2.41. The number of nitrogens with zero attached hydrogens (tertiary/aromatic N) is 3. The van der Waals surface area contributed by atoms with Crippen molar-refractivity contribution in [2.75, 3.05) is 25.0 Å². The molecule has 7 nitrogen and oxygen atoms in total. The van der Waals surface area contributed by atoms with Crippen LogP contribution in [0.3, 0.4) is 0 Å². The Hall–Kier alpha value is -3.06. The molecule has 0 saturated carbocycles. The van der Waals surface area contributed by atoms with Crippen LogP contribution >= 0.6 is 0 Å². The molecule has 3 aliphatic heterocycles. The Bertz CT molecular complexity index is 1120. The number of para-hydroxylation sites is 2. The van der Waals surface area contributed by atoms with E-state index >= 15 is 0 Å². The number of hydrogen-bond acceptors (Lipinski definition) is 5. The Balaban J connectivity index is 1.23. The van der Waals surface area contributed by atoms with E-state index in [1.165, 1.54) is 11.4 Å². The summed E-state index contributed by atoms with van der Waals surface area (Å²) in [5.74, 6) is 0.229. The first-order chi connectivity index (χ1) is 14.6. The van der Waals surface area contributed by atoms with Crippen molar-refractivity contribution in [2.24, 2.45) is 0 Å². The van der Waals surface area contributed by atoms with Gasteiger partial charge in [-0.1, -0.05) is 17.3 Å². The van der Waals surface area contributed by atoms with Crippen LogP contribution in [0.15, 0.2) is 53.2 Å². The smallest absolute Gasteiger partial charge is 0.292 e. The number of benzene rings is 1. The Labute approximate surface area is 174 Å². The lowest BCUT2D eigenvalue weighted by atomic mass is 9.79. The molecule has 2 aromatic heterocycles. The maximum atomic E-state index is 12.7. The molecule has 0 bridgehead atoms. The van der Waals surface area contributed by atoms with Gasteiger partial charge in [-0.2, -0.15) is 0 Å². The summed E-state index contributed by atoms with van der Waals surface area (Å²) >= 11 is 0. The largest absolute Gasteiger partial charge is 0.372 e. The zero-order valence-corrected chi connectivity index (χ0v) is 16.9. The van der Waals surface area contributed by atoms with Crippen molar-refractivity contribution in [1.29, 1.82) is 0 Å². The molecule has 1 aromatic carbocycles. The first-order valence-corrected chi connectivity index (χ1v) is 10.5. The van der Waals surface area contributed by atoms with E-state index in [0.717, 1.165) is 30.6 Å². The molecule has 2 saturated heterocycles. The van der Waals surface area contributed by atoms with E-state index in [4.69, 9.17) is 9.26 Å². The van der Waals surface area contributed by atoms with Gasteiger partial charge in [0.2, 0.25) is 5.76 Å². The van der Waals surface area contributed by atoms with E-state index in [9.17, 15) is 4.79 Å². The van der Waals surface area contributed by atoms with Crippen LogP contribution in [-0.2, 0) is 10.3 Å². The molecule has 30 heavy (non-hydrogen) atoms. The summed E-state index contributed by atoms with van der Waals surface area (Å²) in [4.78, 5) is 14.6. The van der Waals surface area contributed by atoms with Gasteiger partial charge in [0.15, 0.2) is 0 Å². The number of aryl methyl sites for hydroxylation is 1. The standard InChI is InChI=1S/C23H24N4O3/c1-16-13-19(30-25-16)21(28)26-11-8-22(9-12-26)14-23(15-29-22)20-7-4-10-27(20)18-6-3-2-5-17(18)24-23/h2-7,10,13,24H,8-9,11-12,14-15H2,1H3/t23-/m0/s1. The SMILES string of the molecule is Cc1cc(C(=O)N2CCC3(CC2)C[C@@]2(CO3)Nc3ccccc3-n3cccc32)on1. The van der Waals surface area contributed by atoms with Gasteiger partial charge in [0.05, 0.1) is 35.0 Å². The number of anilines is 1. The number of hydrogen-bond donors (Lipinski definition) is 1. The van der Waals surface area contributed by atoms with E-state index < -0.39 is 0 Å². The van der Waals surface area contributed by atoms with E-state index in [1.54, 1.807) is 6.07 Å². The van der Waals surface area contributed by atoms with Crippen LogP contribution < -0.4 is 5.32 Å². The molecule has 0 unspecified atom stereocenters. The van der Waals surface area contributed by atoms with Crippen molar-refractivity contribution in [2.45, 2.75) is 37.3 Å². The molecule has 1 N–H and O–H groups in total. The monoisotopic (exact) mass is 404 g/mol. The molecular weight excluding hydrogens is 380 g/mol. The van der Waals surface area contributed by atoms with Crippen molar-refractivity contribution >= 4 is 11.6 Å². The average molecular weight is 404 g/mol. The van der Waals surface area contributed by atoms with Crippen molar-refractivity contribution < 1.29 is 14.1 Å². The summed E-state index contributed by atoms with van der Waals surface area (Å²) in [7, 11) is 0. The molecule has 0 radical (unpaired) electrons. The second-order valence-electron chi connectivity index (χ2n) is 8.76. The van der Waals surface area contributed by atoms with E-state index in [-0.39, 0.29) is 17.0 Å². The Kier molecular flexibility index (Phi) is 3.68. The van der Waals surface area contributed by atoms with Gasteiger partial charge >= 0.3 is 0 Å². The Morgan fingerprint density at radius 2 is 2.00 bits per heavy atom. The van der Waals surface area contributed by atoms with Crippen LogP contribution in [0.4, 0.5) is 5.69 Å². The minimum Gasteiger partial charge on any atom is -0.372 e. The zero-order valence-electron chi connectivity index (χ0n) is 16.9. The molecular formula is C23H24N4O3. The predicted molar refractivity (Wildman–Crippen MR) is 111 cm³/mol. The van der Waals surface area contributed by atoms with Crippen LogP contribution in [0.25, 0.3) is 5.69 Å².